The van der Waals surface area contributed by atoms with Crippen LogP contribution in [0.25, 0.3) is 0 Å². The molecule has 0 aliphatic carbocycles. The van der Waals surface area contributed by atoms with Crippen LogP contribution in [0.2, 0.25) is 0 Å². The molecule has 20 heavy (non-hydrogen) atoms. The highest BCUT2D eigenvalue weighted by atomic mass is 16.2. The van der Waals surface area contributed by atoms with Crippen LogP contribution in [0.3, 0.4) is 0 Å². The molecule has 0 saturated heterocycles. The summed E-state index contributed by atoms with van der Waals surface area (Å²) in [4.78, 5) is 23.9. The first-order valence-electron chi connectivity index (χ1n) is 6.35. The van der Waals surface area contributed by atoms with Crippen LogP contribution in [0, 0.1) is 0 Å². The number of nitrogens with one attached hydrogen (secondary N) is 3. The topological polar surface area (TPSA) is 91.8 Å². The number of amides is 1. The Balaban J connectivity index is 1.67. The Morgan fingerprint density at radius 3 is 3.05 bits per heavy atom. The Labute approximate surface area is 115 Å². The molecule has 1 aliphatic rings. The molecule has 7 nitrogen and oxygen atoms in total. The van der Waals surface area contributed by atoms with Gasteiger partial charge in [0.15, 0.2) is 11.6 Å². The second-order valence-corrected chi connectivity index (χ2v) is 4.35. The van der Waals surface area contributed by atoms with Crippen molar-refractivity contribution >= 4 is 23.2 Å². The van der Waals surface area contributed by atoms with Crippen molar-refractivity contribution in [2.75, 3.05) is 29.0 Å². The zero-order chi connectivity index (χ0) is 13.8. The van der Waals surface area contributed by atoms with E-state index in [0.717, 1.165) is 12.1 Å². The average Bonchev–Trinajstić information content (AvgIpc) is 2.49. The minimum Gasteiger partial charge on any atom is -0.368 e. The van der Waals surface area contributed by atoms with Crippen molar-refractivity contribution < 1.29 is 4.79 Å². The number of fused-ring (bicyclic) bond motifs is 1. The monoisotopic (exact) mass is 270 g/mol. The molecule has 0 atom stereocenters. The minimum absolute atomic E-state index is 0.0972. The predicted molar refractivity (Wildman–Crippen MR) is 75.6 cm³/mol. The summed E-state index contributed by atoms with van der Waals surface area (Å²) < 4.78 is 0. The molecule has 3 heterocycles. The fraction of sp³-hybridized carbons (Fsp3) is 0.231. The van der Waals surface area contributed by atoms with Gasteiger partial charge in [-0.2, -0.15) is 0 Å². The molecule has 0 saturated carbocycles. The molecule has 2 aromatic heterocycles. The maximum atomic E-state index is 11.4. The van der Waals surface area contributed by atoms with Crippen LogP contribution in [0.15, 0.2) is 30.7 Å². The second-order valence-electron chi connectivity index (χ2n) is 4.35. The summed E-state index contributed by atoms with van der Waals surface area (Å²) in [6.07, 6.45) is 4.01. The standard InChI is InChI=1S/C13H14N6O/c20-10-7-16-13-11(19-10)12(17-8-18-13)15-6-4-9-3-1-2-5-14-9/h1-3,5,8H,4,6-7H2,(H,19,20)(H2,15,16,17,18). The first-order chi connectivity index (χ1) is 9.83. The van der Waals surface area contributed by atoms with E-state index in [-0.39, 0.29) is 12.5 Å². The molecule has 1 amide bonds. The van der Waals surface area contributed by atoms with E-state index in [0.29, 0.717) is 23.9 Å². The van der Waals surface area contributed by atoms with Crippen molar-refractivity contribution in [2.45, 2.75) is 6.42 Å². The van der Waals surface area contributed by atoms with Gasteiger partial charge in [-0.25, -0.2) is 9.97 Å². The van der Waals surface area contributed by atoms with Gasteiger partial charge in [-0.15, -0.1) is 0 Å². The number of anilines is 3. The molecule has 3 N–H and O–H groups in total. The maximum absolute atomic E-state index is 11.4. The molecule has 0 unspecified atom stereocenters. The van der Waals surface area contributed by atoms with E-state index in [1.165, 1.54) is 6.33 Å². The van der Waals surface area contributed by atoms with Crippen LogP contribution >= 0.6 is 0 Å². The SMILES string of the molecule is O=C1CNc2ncnc(NCCc3ccccn3)c2N1. The second kappa shape index (κ2) is 5.52. The average molecular weight is 270 g/mol. The Bertz CT molecular complexity index is 616. The van der Waals surface area contributed by atoms with Gasteiger partial charge in [0.05, 0.1) is 6.54 Å². The largest absolute Gasteiger partial charge is 0.368 e. The van der Waals surface area contributed by atoms with Crippen LogP contribution in [0.5, 0.6) is 0 Å². The molecule has 3 rings (SSSR count). The third kappa shape index (κ3) is 2.66. The summed E-state index contributed by atoms with van der Waals surface area (Å²) in [6, 6.07) is 5.82. The van der Waals surface area contributed by atoms with E-state index in [9.17, 15) is 4.79 Å². The summed E-state index contributed by atoms with van der Waals surface area (Å²) in [5, 5.41) is 8.91. The number of aromatic nitrogens is 3. The van der Waals surface area contributed by atoms with Crippen LogP contribution < -0.4 is 16.0 Å². The van der Waals surface area contributed by atoms with Crippen LogP contribution in [-0.2, 0) is 11.2 Å². The number of rotatable bonds is 4. The van der Waals surface area contributed by atoms with E-state index in [2.05, 4.69) is 30.9 Å². The predicted octanol–water partition coefficient (Wildman–Crippen LogP) is 0.890. The van der Waals surface area contributed by atoms with Gasteiger partial charge in [0.25, 0.3) is 0 Å². The molecule has 1 aliphatic heterocycles. The summed E-state index contributed by atoms with van der Waals surface area (Å²) in [6.45, 7) is 0.910. The van der Waals surface area contributed by atoms with Crippen LogP contribution in [0.4, 0.5) is 17.3 Å². The Hall–Kier alpha value is -2.70. The van der Waals surface area contributed by atoms with Crippen molar-refractivity contribution in [3.8, 4) is 0 Å². The summed E-state index contributed by atoms with van der Waals surface area (Å²) in [5.74, 6) is 1.16. The highest BCUT2D eigenvalue weighted by Gasteiger charge is 2.19. The molecule has 0 bridgehead atoms. The fourth-order valence-electron chi connectivity index (χ4n) is 1.97. The van der Waals surface area contributed by atoms with Crippen molar-refractivity contribution in [1.82, 2.24) is 15.0 Å². The lowest BCUT2D eigenvalue weighted by atomic mass is 10.2. The van der Waals surface area contributed by atoms with Crippen molar-refractivity contribution in [3.63, 3.8) is 0 Å². The van der Waals surface area contributed by atoms with E-state index in [1.54, 1.807) is 6.20 Å². The molecular weight excluding hydrogens is 256 g/mol. The molecule has 0 fully saturated rings. The minimum atomic E-state index is -0.0972. The van der Waals surface area contributed by atoms with Gasteiger partial charge in [0.1, 0.15) is 12.0 Å². The van der Waals surface area contributed by atoms with Crippen LogP contribution in [0.1, 0.15) is 5.69 Å². The smallest absolute Gasteiger partial charge is 0.243 e. The van der Waals surface area contributed by atoms with E-state index >= 15 is 0 Å². The van der Waals surface area contributed by atoms with Crippen LogP contribution in [-0.4, -0.2) is 33.9 Å². The number of carbonyl (C=O) groups is 1. The zero-order valence-electron chi connectivity index (χ0n) is 10.8. The molecule has 2 aromatic rings. The summed E-state index contributed by atoms with van der Waals surface area (Å²) in [5.41, 5.74) is 1.61. The Morgan fingerprint density at radius 1 is 1.25 bits per heavy atom. The third-order valence-electron chi connectivity index (χ3n) is 2.93. The molecule has 0 spiro atoms. The first-order valence-corrected chi connectivity index (χ1v) is 6.35. The quantitative estimate of drug-likeness (QED) is 0.764. The number of carbonyl (C=O) groups excluding carboxylic acids is 1. The van der Waals surface area contributed by atoms with Crippen molar-refractivity contribution in [1.29, 1.82) is 0 Å². The fourth-order valence-corrected chi connectivity index (χ4v) is 1.97. The lowest BCUT2D eigenvalue weighted by molar-refractivity contribution is -0.114. The highest BCUT2D eigenvalue weighted by Crippen LogP contribution is 2.28. The van der Waals surface area contributed by atoms with E-state index < -0.39 is 0 Å². The molecular formula is C13H14N6O. The third-order valence-corrected chi connectivity index (χ3v) is 2.93. The molecule has 0 radical (unpaired) electrons. The molecule has 0 aromatic carbocycles. The van der Waals surface area contributed by atoms with Gasteiger partial charge in [-0.05, 0) is 12.1 Å². The normalized spacial score (nSPS) is 13.1. The zero-order valence-corrected chi connectivity index (χ0v) is 10.8. The summed E-state index contributed by atoms with van der Waals surface area (Å²) in [7, 11) is 0. The number of hydrogen-bond donors (Lipinski definition) is 3. The lowest BCUT2D eigenvalue weighted by Gasteiger charge is -2.19. The van der Waals surface area contributed by atoms with Gasteiger partial charge < -0.3 is 16.0 Å². The van der Waals surface area contributed by atoms with Gasteiger partial charge in [0, 0.05) is 24.9 Å². The number of nitrogens with zero attached hydrogens (tertiary/aromatic N) is 3. The van der Waals surface area contributed by atoms with Gasteiger partial charge in [-0.3, -0.25) is 9.78 Å². The van der Waals surface area contributed by atoms with Gasteiger partial charge >= 0.3 is 0 Å². The number of hydrogen-bond acceptors (Lipinski definition) is 6. The van der Waals surface area contributed by atoms with E-state index in [1.807, 2.05) is 18.2 Å². The number of pyridine rings is 1. The maximum Gasteiger partial charge on any atom is 0.243 e. The molecule has 7 heteroatoms. The van der Waals surface area contributed by atoms with Gasteiger partial charge in [0.2, 0.25) is 5.91 Å². The van der Waals surface area contributed by atoms with Crippen molar-refractivity contribution in [3.05, 3.63) is 36.4 Å². The Morgan fingerprint density at radius 2 is 2.20 bits per heavy atom. The van der Waals surface area contributed by atoms with Gasteiger partial charge in [-0.1, -0.05) is 6.07 Å². The Kier molecular flexibility index (Phi) is 3.40. The first kappa shape index (κ1) is 12.3. The highest BCUT2D eigenvalue weighted by molar-refractivity contribution is 6.02. The van der Waals surface area contributed by atoms with Crippen molar-refractivity contribution in [2.24, 2.45) is 0 Å². The van der Waals surface area contributed by atoms with E-state index in [4.69, 9.17) is 0 Å². The lowest BCUT2D eigenvalue weighted by Crippen LogP contribution is -2.29. The summed E-state index contributed by atoms with van der Waals surface area (Å²) >= 11 is 0. The molecule has 102 valence electrons.